The number of hydrogen-bond donors (Lipinski definition) is 1. The molecule has 0 spiro atoms. The van der Waals surface area contributed by atoms with Gasteiger partial charge < -0.3 is 10.1 Å². The van der Waals surface area contributed by atoms with Crippen molar-refractivity contribution in [3.05, 3.63) is 35.9 Å². The normalized spacial score (nSPS) is 16.1. The second kappa shape index (κ2) is 6.43. The van der Waals surface area contributed by atoms with Crippen LogP contribution >= 0.6 is 0 Å². The molecule has 1 amide bonds. The highest BCUT2D eigenvalue weighted by atomic mass is 16.5. The van der Waals surface area contributed by atoms with Crippen LogP contribution in [0, 0.1) is 5.92 Å². The molecule has 0 heterocycles. The van der Waals surface area contributed by atoms with Gasteiger partial charge in [0.2, 0.25) is 0 Å². The lowest BCUT2D eigenvalue weighted by Crippen LogP contribution is -2.33. The zero-order valence-electron chi connectivity index (χ0n) is 10.9. The molecule has 0 aromatic heterocycles. The van der Waals surface area contributed by atoms with Gasteiger partial charge in [-0.05, 0) is 31.2 Å². The van der Waals surface area contributed by atoms with Gasteiger partial charge in [-0.25, -0.2) is 4.79 Å². The number of carbonyl (C=O) groups is 1. The number of carbonyl (C=O) groups excluding carboxylic acids is 1. The maximum Gasteiger partial charge on any atom is 0.407 e. The highest BCUT2D eigenvalue weighted by Crippen LogP contribution is 2.33. The average molecular weight is 247 g/mol. The van der Waals surface area contributed by atoms with E-state index in [0.717, 1.165) is 17.9 Å². The molecule has 1 atom stereocenters. The van der Waals surface area contributed by atoms with Crippen LogP contribution in [0.25, 0.3) is 0 Å². The number of alkyl carbamates (subject to hydrolysis) is 1. The van der Waals surface area contributed by atoms with Crippen molar-refractivity contribution in [3.63, 3.8) is 0 Å². The first-order chi connectivity index (χ1) is 8.74. The average Bonchev–Trinajstić information content (AvgIpc) is 3.19. The zero-order chi connectivity index (χ0) is 12.8. The van der Waals surface area contributed by atoms with Crippen molar-refractivity contribution in [2.45, 2.75) is 45.3 Å². The number of rotatable bonds is 6. The van der Waals surface area contributed by atoms with Crippen molar-refractivity contribution in [3.8, 4) is 0 Å². The van der Waals surface area contributed by atoms with Gasteiger partial charge in [0.1, 0.15) is 6.61 Å². The standard InChI is InChI=1S/C15H21NO2/c1-12(7-8-13-9-10-13)16-15(17)18-11-14-5-3-2-4-6-14/h2-6,12-13H,7-11H2,1H3,(H,16,17). The van der Waals surface area contributed by atoms with E-state index in [2.05, 4.69) is 5.32 Å². The molecule has 1 saturated carbocycles. The number of nitrogens with one attached hydrogen (secondary N) is 1. The number of benzene rings is 1. The zero-order valence-corrected chi connectivity index (χ0v) is 10.9. The Kier molecular flexibility index (Phi) is 4.62. The van der Waals surface area contributed by atoms with Crippen LogP contribution in [-0.4, -0.2) is 12.1 Å². The minimum atomic E-state index is -0.317. The molecule has 1 fully saturated rings. The molecule has 98 valence electrons. The molecule has 0 aliphatic heterocycles. The van der Waals surface area contributed by atoms with E-state index in [9.17, 15) is 4.79 Å². The summed E-state index contributed by atoms with van der Waals surface area (Å²) in [6.45, 7) is 2.37. The molecular weight excluding hydrogens is 226 g/mol. The minimum absolute atomic E-state index is 0.203. The smallest absolute Gasteiger partial charge is 0.407 e. The predicted octanol–water partition coefficient (Wildman–Crippen LogP) is 3.49. The molecule has 0 saturated heterocycles. The molecule has 1 N–H and O–H groups in total. The third-order valence-corrected chi connectivity index (χ3v) is 3.28. The van der Waals surface area contributed by atoms with Gasteiger partial charge in [-0.1, -0.05) is 43.2 Å². The van der Waals surface area contributed by atoms with Crippen molar-refractivity contribution in [1.29, 1.82) is 0 Å². The summed E-state index contributed by atoms with van der Waals surface area (Å²) in [4.78, 5) is 11.6. The predicted molar refractivity (Wildman–Crippen MR) is 71.2 cm³/mol. The molecule has 18 heavy (non-hydrogen) atoms. The summed E-state index contributed by atoms with van der Waals surface area (Å²) < 4.78 is 5.17. The van der Waals surface area contributed by atoms with Gasteiger partial charge in [-0.2, -0.15) is 0 Å². The van der Waals surface area contributed by atoms with Gasteiger partial charge in [0.05, 0.1) is 0 Å². The van der Waals surface area contributed by atoms with Crippen LogP contribution in [0.5, 0.6) is 0 Å². The van der Waals surface area contributed by atoms with E-state index in [-0.39, 0.29) is 12.1 Å². The fourth-order valence-corrected chi connectivity index (χ4v) is 1.93. The van der Waals surface area contributed by atoms with Crippen molar-refractivity contribution < 1.29 is 9.53 Å². The number of amides is 1. The van der Waals surface area contributed by atoms with Gasteiger partial charge in [0.15, 0.2) is 0 Å². The van der Waals surface area contributed by atoms with Crippen LogP contribution < -0.4 is 5.32 Å². The Morgan fingerprint density at radius 2 is 2.11 bits per heavy atom. The van der Waals surface area contributed by atoms with Gasteiger partial charge in [0, 0.05) is 6.04 Å². The van der Waals surface area contributed by atoms with Gasteiger partial charge in [-0.3, -0.25) is 0 Å². The second-order valence-corrected chi connectivity index (χ2v) is 5.13. The highest BCUT2D eigenvalue weighted by molar-refractivity contribution is 5.67. The SMILES string of the molecule is CC(CCC1CC1)NC(=O)OCc1ccccc1. The molecule has 1 aromatic carbocycles. The first-order valence-electron chi connectivity index (χ1n) is 6.71. The summed E-state index contributed by atoms with van der Waals surface area (Å²) in [5.41, 5.74) is 1.01. The molecule has 3 nitrogen and oxygen atoms in total. The van der Waals surface area contributed by atoms with Crippen LogP contribution in [0.4, 0.5) is 4.79 Å². The van der Waals surface area contributed by atoms with E-state index in [1.807, 2.05) is 37.3 Å². The molecule has 1 aliphatic rings. The van der Waals surface area contributed by atoms with Crippen LogP contribution in [0.1, 0.15) is 38.2 Å². The summed E-state index contributed by atoms with van der Waals surface area (Å²) in [6, 6.07) is 9.93. The Morgan fingerprint density at radius 3 is 2.78 bits per heavy atom. The van der Waals surface area contributed by atoms with Crippen molar-refractivity contribution >= 4 is 6.09 Å². The molecule has 0 bridgehead atoms. The Balaban J connectivity index is 1.61. The first kappa shape index (κ1) is 12.9. The topological polar surface area (TPSA) is 38.3 Å². The lowest BCUT2D eigenvalue weighted by atomic mass is 10.1. The second-order valence-electron chi connectivity index (χ2n) is 5.13. The maximum absolute atomic E-state index is 11.6. The van der Waals surface area contributed by atoms with E-state index in [1.54, 1.807) is 0 Å². The van der Waals surface area contributed by atoms with Crippen molar-refractivity contribution in [2.24, 2.45) is 5.92 Å². The van der Waals surface area contributed by atoms with E-state index in [1.165, 1.54) is 19.3 Å². The van der Waals surface area contributed by atoms with Crippen LogP contribution in [0.2, 0.25) is 0 Å². The molecule has 2 rings (SSSR count). The maximum atomic E-state index is 11.6. The lowest BCUT2D eigenvalue weighted by Gasteiger charge is -2.13. The molecular formula is C15H21NO2. The summed E-state index contributed by atoms with van der Waals surface area (Å²) in [5, 5.41) is 2.87. The van der Waals surface area contributed by atoms with E-state index in [0.29, 0.717) is 6.61 Å². The monoisotopic (exact) mass is 247 g/mol. The lowest BCUT2D eigenvalue weighted by molar-refractivity contribution is 0.135. The van der Waals surface area contributed by atoms with E-state index >= 15 is 0 Å². The van der Waals surface area contributed by atoms with E-state index < -0.39 is 0 Å². The summed E-state index contributed by atoms with van der Waals surface area (Å²) in [7, 11) is 0. The third-order valence-electron chi connectivity index (χ3n) is 3.28. The molecule has 3 heteroatoms. The van der Waals surface area contributed by atoms with Crippen molar-refractivity contribution in [2.75, 3.05) is 0 Å². The summed E-state index contributed by atoms with van der Waals surface area (Å²) in [5.74, 6) is 0.912. The Hall–Kier alpha value is -1.51. The van der Waals surface area contributed by atoms with E-state index in [4.69, 9.17) is 4.74 Å². The Bertz CT molecular complexity index is 373. The Morgan fingerprint density at radius 1 is 1.39 bits per heavy atom. The molecule has 1 aliphatic carbocycles. The van der Waals surface area contributed by atoms with Crippen molar-refractivity contribution in [1.82, 2.24) is 5.32 Å². The van der Waals surface area contributed by atoms with Crippen LogP contribution in [0.3, 0.4) is 0 Å². The number of ether oxygens (including phenoxy) is 1. The quantitative estimate of drug-likeness (QED) is 0.835. The van der Waals surface area contributed by atoms with Gasteiger partial charge >= 0.3 is 6.09 Å². The van der Waals surface area contributed by atoms with Gasteiger partial charge in [-0.15, -0.1) is 0 Å². The highest BCUT2D eigenvalue weighted by Gasteiger charge is 2.21. The first-order valence-corrected chi connectivity index (χ1v) is 6.71. The largest absolute Gasteiger partial charge is 0.445 e. The summed E-state index contributed by atoms with van der Waals surface area (Å²) >= 11 is 0. The molecule has 0 radical (unpaired) electrons. The van der Waals surface area contributed by atoms with Crippen LogP contribution in [-0.2, 0) is 11.3 Å². The Labute approximate surface area is 109 Å². The molecule has 1 unspecified atom stereocenters. The fraction of sp³-hybridized carbons (Fsp3) is 0.533. The van der Waals surface area contributed by atoms with Crippen LogP contribution in [0.15, 0.2) is 30.3 Å². The minimum Gasteiger partial charge on any atom is -0.445 e. The number of hydrogen-bond acceptors (Lipinski definition) is 2. The summed E-state index contributed by atoms with van der Waals surface area (Å²) in [6.07, 6.45) is 4.68. The van der Waals surface area contributed by atoms with Gasteiger partial charge in [0.25, 0.3) is 0 Å². The third kappa shape index (κ3) is 4.78. The fourth-order valence-electron chi connectivity index (χ4n) is 1.93. The molecule has 1 aromatic rings.